The van der Waals surface area contributed by atoms with Crippen molar-refractivity contribution >= 4 is 54.3 Å². The van der Waals surface area contributed by atoms with Crippen molar-refractivity contribution in [2.45, 2.75) is 0 Å². The van der Waals surface area contributed by atoms with Crippen LogP contribution < -0.4 is 0 Å². The highest BCUT2D eigenvalue weighted by atomic mass is 32.1. The molecule has 3 aromatic heterocycles. The van der Waals surface area contributed by atoms with Crippen LogP contribution in [0.25, 0.3) is 98.8 Å². The third-order valence-corrected chi connectivity index (χ3v) is 10.2. The number of rotatable bonds is 5. The van der Waals surface area contributed by atoms with Gasteiger partial charge in [-0.25, -0.2) is 19.9 Å². The summed E-state index contributed by atoms with van der Waals surface area (Å²) in [4.78, 5) is 19.8. The summed E-state index contributed by atoms with van der Waals surface area (Å²) < 4.78 is 7.58. The van der Waals surface area contributed by atoms with Crippen LogP contribution in [0.2, 0.25) is 0 Å². The highest BCUT2D eigenvalue weighted by Crippen LogP contribution is 2.41. The van der Waals surface area contributed by atoms with E-state index in [1.54, 1.807) is 11.3 Å². The van der Waals surface area contributed by atoms with E-state index in [4.69, 9.17) is 24.4 Å². The first-order chi connectivity index (χ1) is 24.7. The van der Waals surface area contributed by atoms with Gasteiger partial charge in [-0.3, -0.25) is 0 Å². The van der Waals surface area contributed by atoms with E-state index in [1.807, 2.05) is 84.9 Å². The number of hydrogen-bond donors (Lipinski definition) is 0. The first-order valence-electron chi connectivity index (χ1n) is 16.5. The molecule has 0 atom stereocenters. The van der Waals surface area contributed by atoms with E-state index in [9.17, 15) is 0 Å². The SMILES string of the molecule is c1ccc(-c2nc(-c3ccccc3)nc(-c3cccc4cc(-c5cccc6oc7cc8nc(-c9ccccc9)sc8cc7c56)ccc34)n2)cc1. The number of nitrogens with zero attached hydrogens (tertiary/aromatic N) is 4. The largest absolute Gasteiger partial charge is 0.456 e. The van der Waals surface area contributed by atoms with E-state index < -0.39 is 0 Å². The van der Waals surface area contributed by atoms with Crippen LogP contribution in [-0.2, 0) is 0 Å². The molecule has 0 N–H and O–H groups in total. The fourth-order valence-corrected chi connectivity index (χ4v) is 7.76. The molecule has 0 fully saturated rings. The smallest absolute Gasteiger partial charge is 0.164 e. The highest BCUT2D eigenvalue weighted by Gasteiger charge is 2.18. The Morgan fingerprint density at radius 2 is 1.06 bits per heavy atom. The third kappa shape index (κ3) is 4.85. The molecule has 234 valence electrons. The van der Waals surface area contributed by atoms with Crippen molar-refractivity contribution in [2.75, 3.05) is 0 Å². The average molecular weight is 659 g/mol. The molecule has 7 aromatic carbocycles. The molecule has 50 heavy (non-hydrogen) atoms. The van der Waals surface area contributed by atoms with E-state index in [-0.39, 0.29) is 0 Å². The van der Waals surface area contributed by atoms with E-state index in [0.717, 1.165) is 81.3 Å². The molecular weight excluding hydrogens is 633 g/mol. The Labute approximate surface area is 291 Å². The maximum atomic E-state index is 6.44. The van der Waals surface area contributed by atoms with E-state index in [1.165, 1.54) is 0 Å². The van der Waals surface area contributed by atoms with E-state index >= 15 is 0 Å². The van der Waals surface area contributed by atoms with Gasteiger partial charge in [-0.05, 0) is 40.1 Å². The quantitative estimate of drug-likeness (QED) is 0.184. The van der Waals surface area contributed by atoms with Gasteiger partial charge in [0.05, 0.1) is 10.2 Å². The Balaban J connectivity index is 1.11. The lowest BCUT2D eigenvalue weighted by Crippen LogP contribution is -2.00. The molecule has 0 saturated heterocycles. The lowest BCUT2D eigenvalue weighted by atomic mass is 9.95. The first-order valence-corrected chi connectivity index (χ1v) is 17.3. The van der Waals surface area contributed by atoms with Gasteiger partial charge in [0.2, 0.25) is 0 Å². The van der Waals surface area contributed by atoms with Crippen LogP contribution >= 0.6 is 11.3 Å². The normalized spacial score (nSPS) is 11.6. The number of thiazole rings is 1. The summed E-state index contributed by atoms with van der Waals surface area (Å²) in [6.45, 7) is 0. The zero-order valence-electron chi connectivity index (χ0n) is 26.6. The van der Waals surface area contributed by atoms with Gasteiger partial charge in [-0.15, -0.1) is 11.3 Å². The minimum atomic E-state index is 0.641. The Bertz CT molecular complexity index is 2810. The molecule has 0 aliphatic carbocycles. The molecule has 10 rings (SSSR count). The van der Waals surface area contributed by atoms with Crippen molar-refractivity contribution in [1.29, 1.82) is 0 Å². The standard InChI is InChI=1S/C44H26N4OS/c1-4-12-27(13-5-1)41-46-42(28-14-6-2-7-15-28)48-43(47-41)34-20-10-18-30-24-31(22-23-32(30)34)33-19-11-21-37-40(33)35-25-39-36(26-38(35)49-37)45-44(50-39)29-16-8-3-9-17-29/h1-26H. The molecule has 0 aliphatic rings. The molecule has 0 saturated carbocycles. The molecular formula is C44H26N4OS. The Kier molecular flexibility index (Phi) is 6.60. The summed E-state index contributed by atoms with van der Waals surface area (Å²) in [6, 6.07) is 54.0. The molecule has 0 unspecified atom stereocenters. The zero-order valence-corrected chi connectivity index (χ0v) is 27.4. The minimum Gasteiger partial charge on any atom is -0.456 e. The predicted molar refractivity (Wildman–Crippen MR) is 205 cm³/mol. The van der Waals surface area contributed by atoms with Crippen molar-refractivity contribution in [3.8, 4) is 55.9 Å². The average Bonchev–Trinajstić information content (AvgIpc) is 3.78. The number of hydrogen-bond acceptors (Lipinski definition) is 6. The van der Waals surface area contributed by atoms with E-state index in [0.29, 0.717) is 17.5 Å². The Hall–Kier alpha value is -6.50. The molecule has 3 heterocycles. The van der Waals surface area contributed by atoms with Crippen molar-refractivity contribution in [3.63, 3.8) is 0 Å². The summed E-state index contributed by atoms with van der Waals surface area (Å²) in [6.07, 6.45) is 0. The van der Waals surface area contributed by atoms with Crippen molar-refractivity contribution in [1.82, 2.24) is 19.9 Å². The topological polar surface area (TPSA) is 64.7 Å². The van der Waals surface area contributed by atoms with Gasteiger partial charge in [-0.1, -0.05) is 133 Å². The van der Waals surface area contributed by atoms with Crippen LogP contribution in [0.15, 0.2) is 162 Å². The minimum absolute atomic E-state index is 0.641. The van der Waals surface area contributed by atoms with Crippen LogP contribution in [0.1, 0.15) is 0 Å². The van der Waals surface area contributed by atoms with Crippen LogP contribution in [0.4, 0.5) is 0 Å². The lowest BCUT2D eigenvalue weighted by Gasteiger charge is -2.11. The van der Waals surface area contributed by atoms with Gasteiger partial charge < -0.3 is 4.42 Å². The van der Waals surface area contributed by atoms with Crippen LogP contribution in [0.3, 0.4) is 0 Å². The second kappa shape index (κ2) is 11.6. The third-order valence-electron chi connectivity index (χ3n) is 9.16. The van der Waals surface area contributed by atoms with Crippen molar-refractivity contribution in [2.24, 2.45) is 0 Å². The summed E-state index contributed by atoms with van der Waals surface area (Å²) in [5.41, 5.74) is 8.86. The maximum Gasteiger partial charge on any atom is 0.164 e. The predicted octanol–water partition coefficient (Wildman–Crippen LogP) is 11.9. The van der Waals surface area contributed by atoms with Gasteiger partial charge in [-0.2, -0.15) is 0 Å². The van der Waals surface area contributed by atoms with Gasteiger partial charge in [0.1, 0.15) is 16.2 Å². The number of fused-ring (bicyclic) bond motifs is 5. The molecule has 6 heteroatoms. The molecule has 0 amide bonds. The Morgan fingerprint density at radius 1 is 0.420 bits per heavy atom. The van der Waals surface area contributed by atoms with Crippen LogP contribution in [0, 0.1) is 0 Å². The van der Waals surface area contributed by atoms with Gasteiger partial charge in [0, 0.05) is 39.1 Å². The zero-order chi connectivity index (χ0) is 33.0. The molecule has 5 nitrogen and oxygen atoms in total. The monoisotopic (exact) mass is 658 g/mol. The van der Waals surface area contributed by atoms with Gasteiger partial charge in [0.15, 0.2) is 17.5 Å². The fourth-order valence-electron chi connectivity index (χ4n) is 6.77. The number of benzene rings is 7. The van der Waals surface area contributed by atoms with Gasteiger partial charge >= 0.3 is 0 Å². The molecule has 10 aromatic rings. The fraction of sp³-hybridized carbons (Fsp3) is 0. The lowest BCUT2D eigenvalue weighted by molar-refractivity contribution is 0.669. The van der Waals surface area contributed by atoms with Crippen molar-refractivity contribution in [3.05, 3.63) is 158 Å². The summed E-state index contributed by atoms with van der Waals surface area (Å²) in [7, 11) is 0. The summed E-state index contributed by atoms with van der Waals surface area (Å²) in [5.74, 6) is 1.93. The second-order valence-electron chi connectivity index (χ2n) is 12.3. The molecule has 0 spiro atoms. The molecule has 0 aliphatic heterocycles. The summed E-state index contributed by atoms with van der Waals surface area (Å²) in [5, 5.41) is 5.38. The molecule has 0 bridgehead atoms. The molecule has 0 radical (unpaired) electrons. The summed E-state index contributed by atoms with van der Waals surface area (Å²) >= 11 is 1.71. The van der Waals surface area contributed by atoms with E-state index in [2.05, 4.69) is 72.8 Å². The maximum absolute atomic E-state index is 6.44. The number of furan rings is 1. The van der Waals surface area contributed by atoms with Crippen LogP contribution in [0.5, 0.6) is 0 Å². The first kappa shape index (κ1) is 28.5. The number of aromatic nitrogens is 4. The highest BCUT2D eigenvalue weighted by molar-refractivity contribution is 7.21. The second-order valence-corrected chi connectivity index (χ2v) is 13.3. The van der Waals surface area contributed by atoms with Crippen LogP contribution in [-0.4, -0.2) is 19.9 Å². The Morgan fingerprint density at radius 3 is 1.78 bits per heavy atom. The van der Waals surface area contributed by atoms with Crippen molar-refractivity contribution < 1.29 is 4.42 Å². The van der Waals surface area contributed by atoms with Gasteiger partial charge in [0.25, 0.3) is 0 Å².